The van der Waals surface area contributed by atoms with Gasteiger partial charge in [-0.2, -0.15) is 0 Å². The molecule has 7 heteroatoms. The smallest absolute Gasteiger partial charge is 0.161 e. The van der Waals surface area contributed by atoms with Crippen LogP contribution in [0, 0.1) is 0 Å². The summed E-state index contributed by atoms with van der Waals surface area (Å²) >= 11 is 3.00. The van der Waals surface area contributed by atoms with Gasteiger partial charge in [0.15, 0.2) is 5.01 Å². The van der Waals surface area contributed by atoms with Crippen molar-refractivity contribution in [3.63, 3.8) is 0 Å². The van der Waals surface area contributed by atoms with Crippen LogP contribution in [-0.4, -0.2) is 26.3 Å². The van der Waals surface area contributed by atoms with Gasteiger partial charge in [-0.05, 0) is 30.9 Å². The summed E-state index contributed by atoms with van der Waals surface area (Å²) in [6, 6.07) is 0. The molecule has 2 aromatic heterocycles. The summed E-state index contributed by atoms with van der Waals surface area (Å²) in [5.41, 5.74) is 6.47. The highest BCUT2D eigenvalue weighted by molar-refractivity contribution is 7.19. The van der Waals surface area contributed by atoms with Crippen molar-refractivity contribution in [1.29, 1.82) is 0 Å². The number of nitrogens with zero attached hydrogens (tertiary/aromatic N) is 4. The van der Waals surface area contributed by atoms with Gasteiger partial charge in [-0.1, -0.05) is 22.7 Å². The second-order valence-electron chi connectivity index (χ2n) is 3.30. The Morgan fingerprint density at radius 3 is 2.88 bits per heavy atom. The summed E-state index contributed by atoms with van der Waals surface area (Å²) in [6.07, 6.45) is 2.74. The first kappa shape index (κ1) is 11.6. The molecule has 0 fully saturated rings. The molecular weight excluding hydrogens is 242 g/mol. The number of rotatable bonds is 5. The van der Waals surface area contributed by atoms with E-state index in [4.69, 9.17) is 5.73 Å². The van der Waals surface area contributed by atoms with Crippen LogP contribution in [0.15, 0.2) is 0 Å². The Balaban J connectivity index is 2.18. The Morgan fingerprint density at radius 2 is 2.12 bits per heavy atom. The number of nitrogens with two attached hydrogens (primary N) is 1. The average molecular weight is 255 g/mol. The molecule has 2 N–H and O–H groups in total. The minimum absolute atomic E-state index is 0.692. The maximum Gasteiger partial charge on any atom is 0.161 e. The summed E-state index contributed by atoms with van der Waals surface area (Å²) in [5.74, 6) is 0. The second-order valence-corrected chi connectivity index (χ2v) is 5.11. The van der Waals surface area contributed by atoms with E-state index in [0.717, 1.165) is 39.8 Å². The molecule has 0 unspecified atom stereocenters. The molecule has 0 saturated heterocycles. The Kier molecular flexibility index (Phi) is 3.92. The van der Waals surface area contributed by atoms with E-state index in [0.29, 0.717) is 6.54 Å². The summed E-state index contributed by atoms with van der Waals surface area (Å²) in [5, 5.41) is 14.4. The van der Waals surface area contributed by atoms with Crippen molar-refractivity contribution in [2.75, 3.05) is 6.54 Å². The van der Waals surface area contributed by atoms with Crippen LogP contribution >= 0.6 is 22.9 Å². The van der Waals surface area contributed by atoms with Gasteiger partial charge in [0.25, 0.3) is 0 Å². The van der Waals surface area contributed by atoms with Crippen LogP contribution in [0.5, 0.6) is 0 Å². The zero-order valence-corrected chi connectivity index (χ0v) is 10.6. The van der Waals surface area contributed by atoms with E-state index in [1.165, 1.54) is 11.5 Å². The number of aryl methyl sites for hydroxylation is 2. The molecule has 0 aromatic carbocycles. The average Bonchev–Trinajstić information content (AvgIpc) is 2.94. The molecule has 0 spiro atoms. The lowest BCUT2D eigenvalue weighted by Crippen LogP contribution is -1.99. The third-order valence-corrected chi connectivity index (χ3v) is 4.05. The predicted molar refractivity (Wildman–Crippen MR) is 65.6 cm³/mol. The summed E-state index contributed by atoms with van der Waals surface area (Å²) in [4.78, 5) is 1.05. The van der Waals surface area contributed by atoms with Crippen LogP contribution in [0.2, 0.25) is 0 Å². The molecular formula is C9H13N5S2. The van der Waals surface area contributed by atoms with E-state index < -0.39 is 0 Å². The van der Waals surface area contributed by atoms with Crippen LogP contribution in [-0.2, 0) is 12.8 Å². The van der Waals surface area contributed by atoms with Gasteiger partial charge in [-0.25, -0.2) is 0 Å². The van der Waals surface area contributed by atoms with Crippen molar-refractivity contribution >= 4 is 22.9 Å². The quantitative estimate of drug-likeness (QED) is 0.876. The zero-order valence-electron chi connectivity index (χ0n) is 9.01. The molecule has 0 atom stereocenters. The van der Waals surface area contributed by atoms with E-state index in [1.807, 2.05) is 0 Å². The molecule has 0 aliphatic carbocycles. The van der Waals surface area contributed by atoms with E-state index in [9.17, 15) is 0 Å². The van der Waals surface area contributed by atoms with E-state index in [-0.39, 0.29) is 0 Å². The minimum atomic E-state index is 0.692. The van der Waals surface area contributed by atoms with Crippen LogP contribution in [0.4, 0.5) is 0 Å². The molecule has 2 aromatic rings. The number of hydrogen-bond donors (Lipinski definition) is 1. The second kappa shape index (κ2) is 5.42. The highest BCUT2D eigenvalue weighted by Gasteiger charge is 2.13. The third kappa shape index (κ3) is 2.42. The lowest BCUT2D eigenvalue weighted by atomic mass is 10.3. The van der Waals surface area contributed by atoms with Gasteiger partial charge in [-0.3, -0.25) is 0 Å². The standard InChI is InChI=1S/C9H13N5S2/c1-2-6-8(16-14-11-6)9-13-12-7(15-9)4-3-5-10/h2-5,10H2,1H3. The van der Waals surface area contributed by atoms with Gasteiger partial charge in [0, 0.05) is 6.42 Å². The SMILES string of the molecule is CCc1nnsc1-c1nnc(CCCN)s1. The first-order chi connectivity index (χ1) is 7.85. The molecule has 0 amide bonds. The molecule has 0 aliphatic rings. The van der Waals surface area contributed by atoms with Crippen molar-refractivity contribution in [1.82, 2.24) is 19.8 Å². The van der Waals surface area contributed by atoms with Gasteiger partial charge in [-0.15, -0.1) is 15.3 Å². The lowest BCUT2D eigenvalue weighted by Gasteiger charge is -1.91. The van der Waals surface area contributed by atoms with Crippen molar-refractivity contribution < 1.29 is 0 Å². The highest BCUT2D eigenvalue weighted by Crippen LogP contribution is 2.29. The third-order valence-electron chi connectivity index (χ3n) is 2.15. The van der Waals surface area contributed by atoms with E-state index >= 15 is 0 Å². The van der Waals surface area contributed by atoms with Crippen molar-refractivity contribution in [2.24, 2.45) is 5.73 Å². The monoisotopic (exact) mass is 255 g/mol. The minimum Gasteiger partial charge on any atom is -0.330 e. The normalized spacial score (nSPS) is 10.9. The zero-order chi connectivity index (χ0) is 11.4. The summed E-state index contributed by atoms with van der Waals surface area (Å²) in [6.45, 7) is 2.76. The first-order valence-electron chi connectivity index (χ1n) is 5.19. The maximum atomic E-state index is 5.46. The lowest BCUT2D eigenvalue weighted by molar-refractivity contribution is 0.812. The number of aromatic nitrogens is 4. The Labute approximate surface area is 102 Å². The van der Waals surface area contributed by atoms with E-state index in [1.54, 1.807) is 11.3 Å². The van der Waals surface area contributed by atoms with Gasteiger partial charge in [0.2, 0.25) is 0 Å². The molecule has 2 rings (SSSR count). The van der Waals surface area contributed by atoms with Gasteiger partial charge < -0.3 is 5.73 Å². The molecule has 0 bridgehead atoms. The maximum absolute atomic E-state index is 5.46. The highest BCUT2D eigenvalue weighted by atomic mass is 32.1. The molecule has 0 radical (unpaired) electrons. The van der Waals surface area contributed by atoms with Gasteiger partial charge in [0.05, 0.1) is 5.69 Å². The molecule has 0 aliphatic heterocycles. The predicted octanol–water partition coefficient (Wildman–Crippen LogP) is 1.51. The molecule has 5 nitrogen and oxygen atoms in total. The Morgan fingerprint density at radius 1 is 1.25 bits per heavy atom. The summed E-state index contributed by atoms with van der Waals surface area (Å²) < 4.78 is 3.95. The van der Waals surface area contributed by atoms with E-state index in [2.05, 4.69) is 26.7 Å². The molecule has 0 saturated carbocycles. The van der Waals surface area contributed by atoms with Crippen LogP contribution in [0.25, 0.3) is 9.88 Å². The molecule has 2 heterocycles. The van der Waals surface area contributed by atoms with Crippen LogP contribution in [0.1, 0.15) is 24.0 Å². The molecule has 86 valence electrons. The van der Waals surface area contributed by atoms with Crippen LogP contribution in [0.3, 0.4) is 0 Å². The molecule has 16 heavy (non-hydrogen) atoms. The van der Waals surface area contributed by atoms with Gasteiger partial charge in [0.1, 0.15) is 9.88 Å². The first-order valence-corrected chi connectivity index (χ1v) is 6.78. The summed E-state index contributed by atoms with van der Waals surface area (Å²) in [7, 11) is 0. The number of hydrogen-bond acceptors (Lipinski definition) is 7. The van der Waals surface area contributed by atoms with Crippen molar-refractivity contribution in [3.05, 3.63) is 10.7 Å². The van der Waals surface area contributed by atoms with Crippen molar-refractivity contribution in [3.8, 4) is 9.88 Å². The fourth-order valence-electron chi connectivity index (χ4n) is 1.30. The topological polar surface area (TPSA) is 77.6 Å². The fraction of sp³-hybridized carbons (Fsp3) is 0.556. The Bertz CT molecular complexity index is 450. The van der Waals surface area contributed by atoms with Crippen molar-refractivity contribution in [2.45, 2.75) is 26.2 Å². The van der Waals surface area contributed by atoms with Gasteiger partial charge >= 0.3 is 0 Å². The Hall–Kier alpha value is -0.920. The van der Waals surface area contributed by atoms with Crippen LogP contribution < -0.4 is 5.73 Å². The largest absolute Gasteiger partial charge is 0.330 e. The fourth-order valence-corrected chi connectivity index (χ4v) is 3.01.